The highest BCUT2D eigenvalue weighted by atomic mass is 16.2. The zero-order valence-corrected chi connectivity index (χ0v) is 12.8. The number of carbonyl (C=O) groups excluding carboxylic acids is 2. The molecule has 3 heterocycles. The molecule has 8 heteroatoms. The second-order valence-corrected chi connectivity index (χ2v) is 5.57. The molecule has 2 aromatic heterocycles. The van der Waals surface area contributed by atoms with E-state index in [1.807, 2.05) is 6.92 Å². The lowest BCUT2D eigenvalue weighted by Gasteiger charge is -2.30. The number of amides is 2. The number of pyridine rings is 1. The van der Waals surface area contributed by atoms with Gasteiger partial charge in [0.15, 0.2) is 5.82 Å². The summed E-state index contributed by atoms with van der Waals surface area (Å²) in [4.78, 5) is 34.2. The summed E-state index contributed by atoms with van der Waals surface area (Å²) in [7, 11) is 0. The minimum Gasteiger partial charge on any atom is -0.334 e. The van der Waals surface area contributed by atoms with Crippen molar-refractivity contribution in [3.63, 3.8) is 0 Å². The van der Waals surface area contributed by atoms with Crippen LogP contribution in [0.25, 0.3) is 0 Å². The summed E-state index contributed by atoms with van der Waals surface area (Å²) in [5, 5.41) is 9.55. The van der Waals surface area contributed by atoms with E-state index in [0.717, 1.165) is 18.7 Å². The Balaban J connectivity index is 1.63. The van der Waals surface area contributed by atoms with Gasteiger partial charge >= 0.3 is 11.8 Å². The van der Waals surface area contributed by atoms with Crippen molar-refractivity contribution in [3.8, 4) is 0 Å². The Bertz CT molecular complexity index is 699. The number of carbonyl (C=O) groups is 2. The van der Waals surface area contributed by atoms with Crippen molar-refractivity contribution in [1.29, 1.82) is 0 Å². The summed E-state index contributed by atoms with van der Waals surface area (Å²) in [5.74, 6) is 0.324. The van der Waals surface area contributed by atoms with Crippen molar-refractivity contribution < 1.29 is 9.59 Å². The summed E-state index contributed by atoms with van der Waals surface area (Å²) in [6.07, 6.45) is 4.83. The van der Waals surface area contributed by atoms with Gasteiger partial charge in [0, 0.05) is 25.2 Å². The molecule has 120 valence electrons. The van der Waals surface area contributed by atoms with Crippen molar-refractivity contribution in [3.05, 3.63) is 36.2 Å². The van der Waals surface area contributed by atoms with Crippen LogP contribution in [0.15, 0.2) is 24.5 Å². The average molecular weight is 314 g/mol. The van der Waals surface area contributed by atoms with Gasteiger partial charge in [-0.3, -0.25) is 19.7 Å². The van der Waals surface area contributed by atoms with Crippen LogP contribution in [0, 0.1) is 6.92 Å². The molecule has 0 saturated carbocycles. The van der Waals surface area contributed by atoms with Crippen molar-refractivity contribution in [1.82, 2.24) is 25.1 Å². The van der Waals surface area contributed by atoms with Crippen LogP contribution < -0.4 is 5.32 Å². The number of likely N-dealkylation sites (tertiary alicyclic amines) is 1. The lowest BCUT2D eigenvalue weighted by Crippen LogP contribution is -2.44. The van der Waals surface area contributed by atoms with Gasteiger partial charge in [-0.25, -0.2) is 4.98 Å². The first-order valence-corrected chi connectivity index (χ1v) is 7.52. The molecule has 1 atom stereocenters. The summed E-state index contributed by atoms with van der Waals surface area (Å²) < 4.78 is 0. The monoisotopic (exact) mass is 314 g/mol. The molecule has 0 aliphatic carbocycles. The fourth-order valence-electron chi connectivity index (χ4n) is 2.68. The van der Waals surface area contributed by atoms with Gasteiger partial charge in [0.1, 0.15) is 5.82 Å². The Morgan fingerprint density at radius 2 is 2.30 bits per heavy atom. The van der Waals surface area contributed by atoms with Gasteiger partial charge in [-0.05, 0) is 31.9 Å². The first-order chi connectivity index (χ1) is 11.1. The second kappa shape index (κ2) is 6.55. The van der Waals surface area contributed by atoms with Crippen molar-refractivity contribution in [2.24, 2.45) is 0 Å². The molecule has 1 unspecified atom stereocenters. The molecule has 8 nitrogen and oxygen atoms in total. The van der Waals surface area contributed by atoms with E-state index in [4.69, 9.17) is 0 Å². The van der Waals surface area contributed by atoms with Crippen molar-refractivity contribution in [2.45, 2.75) is 25.7 Å². The molecule has 0 bridgehead atoms. The first kappa shape index (κ1) is 15.1. The number of rotatable bonds is 2. The van der Waals surface area contributed by atoms with Gasteiger partial charge in [-0.2, -0.15) is 5.10 Å². The third-order valence-corrected chi connectivity index (χ3v) is 3.80. The summed E-state index contributed by atoms with van der Waals surface area (Å²) in [6, 6.07) is 3.39. The molecule has 0 spiro atoms. The van der Waals surface area contributed by atoms with Crippen LogP contribution in [0.3, 0.4) is 0 Å². The van der Waals surface area contributed by atoms with Gasteiger partial charge in [-0.1, -0.05) is 0 Å². The standard InChI is InChI=1S/C15H18N6O2/c1-10-17-13(20-19-10)11-4-3-7-21(9-11)15(23)14(22)18-12-5-2-6-16-8-12/h2,5-6,8,11H,3-4,7,9H2,1H3,(H,18,22)(H,17,19,20). The van der Waals surface area contributed by atoms with Gasteiger partial charge in [0.2, 0.25) is 0 Å². The number of nitrogens with one attached hydrogen (secondary N) is 2. The molecule has 2 aromatic rings. The Labute approximate surface area is 133 Å². The summed E-state index contributed by atoms with van der Waals surface area (Å²) in [5.41, 5.74) is 0.504. The van der Waals surface area contributed by atoms with Crippen LogP contribution in [0.2, 0.25) is 0 Å². The number of H-pyrrole nitrogens is 1. The zero-order valence-electron chi connectivity index (χ0n) is 12.8. The maximum absolute atomic E-state index is 12.3. The van der Waals surface area contributed by atoms with Crippen molar-refractivity contribution in [2.75, 3.05) is 18.4 Å². The van der Waals surface area contributed by atoms with E-state index in [9.17, 15) is 9.59 Å². The van der Waals surface area contributed by atoms with Crippen LogP contribution in [-0.4, -0.2) is 50.0 Å². The minimum atomic E-state index is -0.648. The molecule has 23 heavy (non-hydrogen) atoms. The lowest BCUT2D eigenvalue weighted by atomic mass is 9.97. The number of aromatic nitrogens is 4. The maximum Gasteiger partial charge on any atom is 0.313 e. The minimum absolute atomic E-state index is 0.0591. The Morgan fingerprint density at radius 1 is 1.43 bits per heavy atom. The SMILES string of the molecule is Cc1nc(C2CCCN(C(=O)C(=O)Nc3cccnc3)C2)n[nH]1. The highest BCUT2D eigenvalue weighted by Crippen LogP contribution is 2.24. The number of hydrogen-bond acceptors (Lipinski definition) is 5. The molecule has 0 aromatic carbocycles. The molecular formula is C15H18N6O2. The Morgan fingerprint density at radius 3 is 3.00 bits per heavy atom. The van der Waals surface area contributed by atoms with Gasteiger partial charge in [0.05, 0.1) is 11.9 Å². The largest absolute Gasteiger partial charge is 0.334 e. The van der Waals surface area contributed by atoms with Gasteiger partial charge in [-0.15, -0.1) is 0 Å². The predicted molar refractivity (Wildman–Crippen MR) is 82.5 cm³/mol. The van der Waals surface area contributed by atoms with Gasteiger partial charge in [0.25, 0.3) is 0 Å². The normalized spacial score (nSPS) is 17.8. The van der Waals surface area contributed by atoms with E-state index in [2.05, 4.69) is 25.5 Å². The molecule has 1 aliphatic rings. The molecule has 1 fully saturated rings. The fraction of sp³-hybridized carbons (Fsp3) is 0.400. The number of nitrogens with zero attached hydrogens (tertiary/aromatic N) is 4. The predicted octanol–water partition coefficient (Wildman–Crippen LogP) is 0.853. The topological polar surface area (TPSA) is 104 Å². The van der Waals surface area contributed by atoms with E-state index < -0.39 is 11.8 Å². The average Bonchev–Trinajstić information content (AvgIpc) is 3.02. The molecule has 2 N–H and O–H groups in total. The highest BCUT2D eigenvalue weighted by Gasteiger charge is 2.30. The number of hydrogen-bond donors (Lipinski definition) is 2. The first-order valence-electron chi connectivity index (χ1n) is 7.52. The summed E-state index contributed by atoms with van der Waals surface area (Å²) in [6.45, 7) is 2.86. The van der Waals surface area contributed by atoms with E-state index >= 15 is 0 Å². The number of anilines is 1. The third-order valence-electron chi connectivity index (χ3n) is 3.80. The Kier molecular flexibility index (Phi) is 4.31. The van der Waals surface area contributed by atoms with E-state index in [1.165, 1.54) is 6.20 Å². The van der Waals surface area contributed by atoms with E-state index in [0.29, 0.717) is 24.6 Å². The maximum atomic E-state index is 12.3. The Hall–Kier alpha value is -2.77. The molecule has 1 aliphatic heterocycles. The number of piperidine rings is 1. The van der Waals surface area contributed by atoms with E-state index in [-0.39, 0.29) is 5.92 Å². The second-order valence-electron chi connectivity index (χ2n) is 5.57. The van der Waals surface area contributed by atoms with Crippen LogP contribution in [0.1, 0.15) is 30.4 Å². The van der Waals surface area contributed by atoms with Crippen LogP contribution in [0.5, 0.6) is 0 Å². The molecule has 3 rings (SSSR count). The quantitative estimate of drug-likeness (QED) is 0.800. The third kappa shape index (κ3) is 3.53. The van der Waals surface area contributed by atoms with Crippen molar-refractivity contribution >= 4 is 17.5 Å². The van der Waals surface area contributed by atoms with Gasteiger partial charge < -0.3 is 10.2 Å². The number of aromatic amines is 1. The molecular weight excluding hydrogens is 296 g/mol. The zero-order chi connectivity index (χ0) is 16.2. The molecule has 1 saturated heterocycles. The summed E-state index contributed by atoms with van der Waals surface area (Å²) >= 11 is 0. The molecule has 2 amide bonds. The lowest BCUT2D eigenvalue weighted by molar-refractivity contribution is -0.144. The number of aryl methyl sites for hydroxylation is 1. The van der Waals surface area contributed by atoms with E-state index in [1.54, 1.807) is 23.2 Å². The smallest absolute Gasteiger partial charge is 0.313 e. The van der Waals surface area contributed by atoms with Crippen LogP contribution >= 0.6 is 0 Å². The fourth-order valence-corrected chi connectivity index (χ4v) is 2.68. The highest BCUT2D eigenvalue weighted by molar-refractivity contribution is 6.39. The van der Waals surface area contributed by atoms with Crippen LogP contribution in [-0.2, 0) is 9.59 Å². The molecule has 0 radical (unpaired) electrons. The van der Waals surface area contributed by atoms with Crippen LogP contribution in [0.4, 0.5) is 5.69 Å².